The Kier molecular flexibility index (Phi) is 4.91. The van der Waals surface area contributed by atoms with Crippen LogP contribution in [0.5, 0.6) is 0 Å². The molecule has 6 rings (SSSR count). The maximum absolute atomic E-state index is 13.2. The standard InChI is InChI=1S/C25H25N7O2/c1-30-20-14-17(8-9-18(20)15-26-30)21-22(28-23(27-21)16-6-4-3-5-7-16)24-29-31(12-13-34-2)25(33)32(24)19-10-11-19/h3-9,14-15,19H,10-13H2,1-2H3,(H,27,28). The van der Waals surface area contributed by atoms with Crippen LogP contribution < -0.4 is 5.69 Å². The summed E-state index contributed by atoms with van der Waals surface area (Å²) in [6.45, 7) is 0.821. The van der Waals surface area contributed by atoms with Gasteiger partial charge in [-0.3, -0.25) is 9.25 Å². The fraction of sp³-hybridized carbons (Fsp3) is 0.280. The number of nitrogens with zero attached hydrogens (tertiary/aromatic N) is 6. The van der Waals surface area contributed by atoms with Crippen molar-refractivity contribution in [2.24, 2.45) is 7.05 Å². The zero-order chi connectivity index (χ0) is 23.2. The number of aromatic amines is 1. The van der Waals surface area contributed by atoms with Gasteiger partial charge in [-0.25, -0.2) is 14.5 Å². The lowest BCUT2D eigenvalue weighted by Crippen LogP contribution is -2.26. The van der Waals surface area contributed by atoms with Gasteiger partial charge in [0.25, 0.3) is 0 Å². The fourth-order valence-corrected chi connectivity index (χ4v) is 4.34. The number of aryl methyl sites for hydroxylation is 1. The number of nitrogens with one attached hydrogen (secondary N) is 1. The summed E-state index contributed by atoms with van der Waals surface area (Å²) < 4.78 is 10.3. The van der Waals surface area contributed by atoms with Crippen molar-refractivity contribution in [3.8, 4) is 34.2 Å². The minimum absolute atomic E-state index is 0.113. The van der Waals surface area contributed by atoms with Crippen molar-refractivity contribution in [1.82, 2.24) is 34.1 Å². The molecule has 2 aromatic carbocycles. The van der Waals surface area contributed by atoms with E-state index in [0.717, 1.165) is 52.1 Å². The molecule has 0 aliphatic heterocycles. The second-order valence-electron chi connectivity index (χ2n) is 8.64. The molecule has 0 spiro atoms. The fourth-order valence-electron chi connectivity index (χ4n) is 4.34. The van der Waals surface area contributed by atoms with Gasteiger partial charge >= 0.3 is 5.69 Å². The Morgan fingerprint density at radius 1 is 1.12 bits per heavy atom. The summed E-state index contributed by atoms with van der Waals surface area (Å²) in [5, 5.41) is 10.2. The van der Waals surface area contributed by atoms with E-state index < -0.39 is 0 Å². The number of rotatable bonds is 7. The van der Waals surface area contributed by atoms with Crippen molar-refractivity contribution < 1.29 is 4.74 Å². The van der Waals surface area contributed by atoms with Crippen LogP contribution in [0.25, 0.3) is 45.1 Å². The summed E-state index contributed by atoms with van der Waals surface area (Å²) >= 11 is 0. The highest BCUT2D eigenvalue weighted by molar-refractivity contribution is 5.87. The maximum Gasteiger partial charge on any atom is 0.346 e. The van der Waals surface area contributed by atoms with E-state index in [-0.39, 0.29) is 11.7 Å². The molecule has 1 aliphatic rings. The Labute approximate surface area is 195 Å². The highest BCUT2D eigenvalue weighted by Crippen LogP contribution is 2.39. The normalized spacial score (nSPS) is 13.7. The average Bonchev–Trinajstić information content (AvgIpc) is 3.36. The SMILES string of the molecule is COCCn1nc(-c2[nH]c(-c3ccccc3)nc2-c2ccc3cnn(C)c3c2)n(C2CC2)c1=O. The third kappa shape index (κ3) is 3.45. The number of hydrogen-bond donors (Lipinski definition) is 1. The van der Waals surface area contributed by atoms with E-state index in [9.17, 15) is 4.79 Å². The lowest BCUT2D eigenvalue weighted by molar-refractivity contribution is 0.182. The van der Waals surface area contributed by atoms with Crippen LogP contribution in [0.15, 0.2) is 59.5 Å². The number of methoxy groups -OCH3 is 1. The quantitative estimate of drug-likeness (QED) is 0.404. The lowest BCUT2D eigenvalue weighted by atomic mass is 10.1. The van der Waals surface area contributed by atoms with Gasteiger partial charge in [0.1, 0.15) is 17.2 Å². The summed E-state index contributed by atoms with van der Waals surface area (Å²) in [6.07, 6.45) is 3.79. The Balaban J connectivity index is 1.57. The number of imidazole rings is 1. The highest BCUT2D eigenvalue weighted by atomic mass is 16.5. The second kappa shape index (κ2) is 8.11. The number of benzene rings is 2. The van der Waals surface area contributed by atoms with Crippen molar-refractivity contribution in [3.63, 3.8) is 0 Å². The smallest absolute Gasteiger partial charge is 0.346 e. The molecule has 9 heteroatoms. The molecule has 1 fully saturated rings. The van der Waals surface area contributed by atoms with Gasteiger partial charge in [0, 0.05) is 36.7 Å². The van der Waals surface area contributed by atoms with E-state index >= 15 is 0 Å². The van der Waals surface area contributed by atoms with Crippen molar-refractivity contribution in [1.29, 1.82) is 0 Å². The van der Waals surface area contributed by atoms with Crippen LogP contribution in [0.4, 0.5) is 0 Å². The van der Waals surface area contributed by atoms with E-state index in [2.05, 4.69) is 16.1 Å². The molecule has 0 unspecified atom stereocenters. The van der Waals surface area contributed by atoms with Gasteiger partial charge in [-0.2, -0.15) is 5.10 Å². The average molecular weight is 456 g/mol. The molecule has 3 aromatic heterocycles. The summed E-state index contributed by atoms with van der Waals surface area (Å²) in [5.41, 5.74) is 4.30. The zero-order valence-corrected chi connectivity index (χ0v) is 19.1. The molecule has 5 aromatic rings. The van der Waals surface area contributed by atoms with Crippen molar-refractivity contribution in [2.75, 3.05) is 13.7 Å². The molecule has 34 heavy (non-hydrogen) atoms. The molecule has 9 nitrogen and oxygen atoms in total. The van der Waals surface area contributed by atoms with Crippen LogP contribution in [0, 0.1) is 0 Å². The Morgan fingerprint density at radius 3 is 2.71 bits per heavy atom. The molecule has 0 atom stereocenters. The number of aromatic nitrogens is 7. The predicted molar refractivity (Wildman–Crippen MR) is 129 cm³/mol. The first kappa shape index (κ1) is 20.6. The topological polar surface area (TPSA) is 95.6 Å². The number of H-pyrrole nitrogens is 1. The minimum atomic E-state index is -0.113. The Bertz CT molecular complexity index is 1540. The van der Waals surface area contributed by atoms with Crippen LogP contribution in [-0.2, 0) is 18.3 Å². The predicted octanol–water partition coefficient (Wildman–Crippen LogP) is 3.64. The third-order valence-corrected chi connectivity index (χ3v) is 6.29. The van der Waals surface area contributed by atoms with Crippen LogP contribution in [0.2, 0.25) is 0 Å². The van der Waals surface area contributed by atoms with Gasteiger partial charge in [0.05, 0.1) is 24.9 Å². The number of hydrogen-bond acceptors (Lipinski definition) is 5. The van der Waals surface area contributed by atoms with E-state index in [4.69, 9.17) is 14.8 Å². The summed E-state index contributed by atoms with van der Waals surface area (Å²) in [6, 6.07) is 16.3. The molecule has 3 heterocycles. The number of ether oxygens (including phenoxy) is 1. The van der Waals surface area contributed by atoms with Gasteiger partial charge < -0.3 is 9.72 Å². The van der Waals surface area contributed by atoms with Crippen LogP contribution in [0.1, 0.15) is 18.9 Å². The molecule has 1 saturated carbocycles. The van der Waals surface area contributed by atoms with Gasteiger partial charge in [-0.05, 0) is 18.9 Å². The largest absolute Gasteiger partial charge is 0.383 e. The second-order valence-corrected chi connectivity index (χ2v) is 8.64. The first-order valence-electron chi connectivity index (χ1n) is 11.4. The summed E-state index contributed by atoms with van der Waals surface area (Å²) in [4.78, 5) is 21.7. The lowest BCUT2D eigenvalue weighted by Gasteiger charge is -2.05. The minimum Gasteiger partial charge on any atom is -0.383 e. The summed E-state index contributed by atoms with van der Waals surface area (Å²) in [7, 11) is 3.55. The molecule has 172 valence electrons. The maximum atomic E-state index is 13.2. The molecule has 0 saturated heterocycles. The molecule has 0 bridgehead atoms. The van der Waals surface area contributed by atoms with E-state index in [1.807, 2.05) is 65.0 Å². The zero-order valence-electron chi connectivity index (χ0n) is 19.1. The monoisotopic (exact) mass is 455 g/mol. The van der Waals surface area contributed by atoms with Crippen molar-refractivity contribution in [2.45, 2.75) is 25.4 Å². The third-order valence-electron chi connectivity index (χ3n) is 6.29. The van der Waals surface area contributed by atoms with Crippen molar-refractivity contribution >= 4 is 10.9 Å². The van der Waals surface area contributed by atoms with E-state index in [1.165, 1.54) is 4.68 Å². The van der Waals surface area contributed by atoms with E-state index in [1.54, 1.807) is 7.11 Å². The van der Waals surface area contributed by atoms with E-state index in [0.29, 0.717) is 19.0 Å². The van der Waals surface area contributed by atoms with Crippen LogP contribution in [0.3, 0.4) is 0 Å². The van der Waals surface area contributed by atoms with Gasteiger partial charge in [0.2, 0.25) is 0 Å². The Hall–Kier alpha value is -3.98. The Morgan fingerprint density at radius 2 is 1.94 bits per heavy atom. The van der Waals surface area contributed by atoms with Crippen LogP contribution >= 0.6 is 0 Å². The number of fused-ring (bicyclic) bond motifs is 1. The molecular weight excluding hydrogens is 430 g/mol. The first-order valence-corrected chi connectivity index (χ1v) is 11.4. The van der Waals surface area contributed by atoms with Gasteiger partial charge in [-0.15, -0.1) is 5.10 Å². The van der Waals surface area contributed by atoms with Crippen LogP contribution in [-0.4, -0.2) is 47.8 Å². The molecule has 1 aliphatic carbocycles. The first-order chi connectivity index (χ1) is 16.6. The summed E-state index contributed by atoms with van der Waals surface area (Å²) in [5.74, 6) is 1.34. The molecule has 0 amide bonds. The molecule has 0 radical (unpaired) electrons. The van der Waals surface area contributed by atoms with Crippen molar-refractivity contribution in [3.05, 3.63) is 65.2 Å². The van der Waals surface area contributed by atoms with Gasteiger partial charge in [-0.1, -0.05) is 42.5 Å². The highest BCUT2D eigenvalue weighted by Gasteiger charge is 2.32. The van der Waals surface area contributed by atoms with Gasteiger partial charge in [0.15, 0.2) is 5.82 Å². The molecule has 1 N–H and O–H groups in total. The molecular formula is C25H25N7O2.